The van der Waals surface area contributed by atoms with Crippen molar-refractivity contribution < 1.29 is 9.53 Å². The Morgan fingerprint density at radius 1 is 1.07 bits per heavy atom. The Morgan fingerprint density at radius 2 is 1.96 bits per heavy atom. The summed E-state index contributed by atoms with van der Waals surface area (Å²) >= 11 is 0. The Balaban J connectivity index is 1.78. The normalized spacial score (nSPS) is 12.6. The molecular formula is C22H21N3O2. The van der Waals surface area contributed by atoms with Crippen molar-refractivity contribution >= 4 is 5.91 Å². The van der Waals surface area contributed by atoms with Crippen molar-refractivity contribution in [2.24, 2.45) is 0 Å². The highest BCUT2D eigenvalue weighted by Gasteiger charge is 2.20. The highest BCUT2D eigenvalue weighted by Crippen LogP contribution is 2.30. The number of carbonyl (C=O) groups excluding carboxylic acids is 1. The highest BCUT2D eigenvalue weighted by molar-refractivity contribution is 5.99. The summed E-state index contributed by atoms with van der Waals surface area (Å²) < 4.78 is 5.22. The maximum atomic E-state index is 12.0. The second kappa shape index (κ2) is 7.19. The van der Waals surface area contributed by atoms with Crippen LogP contribution in [-0.2, 0) is 13.0 Å². The molecule has 136 valence electrons. The third kappa shape index (κ3) is 3.28. The summed E-state index contributed by atoms with van der Waals surface area (Å²) in [5, 5.41) is 2.87. The van der Waals surface area contributed by atoms with Crippen LogP contribution in [0.2, 0.25) is 0 Å². The van der Waals surface area contributed by atoms with Crippen LogP contribution < -0.4 is 10.1 Å². The van der Waals surface area contributed by atoms with Crippen LogP contribution in [0, 0.1) is 0 Å². The first-order valence-electron chi connectivity index (χ1n) is 9.11. The van der Waals surface area contributed by atoms with Gasteiger partial charge >= 0.3 is 0 Å². The Hall–Kier alpha value is -3.21. The lowest BCUT2D eigenvalue weighted by Gasteiger charge is -2.12. The number of benzene rings is 1. The summed E-state index contributed by atoms with van der Waals surface area (Å²) in [5.74, 6) is 0.567. The van der Waals surface area contributed by atoms with Crippen molar-refractivity contribution in [3.63, 3.8) is 0 Å². The van der Waals surface area contributed by atoms with Crippen LogP contribution in [0.1, 0.15) is 35.0 Å². The molecule has 27 heavy (non-hydrogen) atoms. The Kier molecular flexibility index (Phi) is 4.59. The molecule has 0 aliphatic carbocycles. The summed E-state index contributed by atoms with van der Waals surface area (Å²) in [5.41, 5.74) is 6.81. The first kappa shape index (κ1) is 17.2. The summed E-state index contributed by atoms with van der Waals surface area (Å²) in [6.45, 7) is 2.75. The van der Waals surface area contributed by atoms with Gasteiger partial charge in [0.15, 0.2) is 0 Å². The molecule has 3 aromatic rings. The number of aromatic nitrogens is 2. The fourth-order valence-corrected chi connectivity index (χ4v) is 3.41. The molecule has 1 aromatic carbocycles. The number of carbonyl (C=O) groups is 1. The van der Waals surface area contributed by atoms with Gasteiger partial charge in [-0.15, -0.1) is 0 Å². The monoisotopic (exact) mass is 359 g/mol. The minimum Gasteiger partial charge on any atom is -0.481 e. The van der Waals surface area contributed by atoms with E-state index in [1.165, 1.54) is 0 Å². The first-order valence-corrected chi connectivity index (χ1v) is 9.11. The number of pyridine rings is 2. The van der Waals surface area contributed by atoms with E-state index in [0.717, 1.165) is 52.0 Å². The van der Waals surface area contributed by atoms with Gasteiger partial charge in [-0.3, -0.25) is 9.78 Å². The number of nitrogens with one attached hydrogen (secondary N) is 1. The van der Waals surface area contributed by atoms with Crippen LogP contribution in [0.5, 0.6) is 5.88 Å². The molecule has 5 nitrogen and oxygen atoms in total. The van der Waals surface area contributed by atoms with E-state index in [1.807, 2.05) is 30.3 Å². The van der Waals surface area contributed by atoms with Crippen LogP contribution in [0.3, 0.4) is 0 Å². The highest BCUT2D eigenvalue weighted by atomic mass is 16.5. The number of nitrogens with zero attached hydrogens (tertiary/aromatic N) is 2. The third-order valence-electron chi connectivity index (χ3n) is 4.81. The SMILES string of the molecule is CCCc1nc(-c2ccnc(OC)c2)ccc1-c1ccc2c(c1)C(=O)NC2. The number of hydrogen-bond acceptors (Lipinski definition) is 4. The molecule has 1 aliphatic heterocycles. The average Bonchev–Trinajstić information content (AvgIpc) is 3.08. The predicted molar refractivity (Wildman–Crippen MR) is 105 cm³/mol. The zero-order chi connectivity index (χ0) is 18.8. The molecule has 2 aromatic heterocycles. The molecular weight excluding hydrogens is 338 g/mol. The number of hydrogen-bond donors (Lipinski definition) is 1. The zero-order valence-electron chi connectivity index (χ0n) is 15.5. The molecule has 0 spiro atoms. The van der Waals surface area contributed by atoms with Crippen LogP contribution in [-0.4, -0.2) is 23.0 Å². The second-order valence-electron chi connectivity index (χ2n) is 6.58. The smallest absolute Gasteiger partial charge is 0.251 e. The quantitative estimate of drug-likeness (QED) is 0.747. The minimum atomic E-state index is -0.00245. The Bertz CT molecular complexity index is 1010. The molecule has 3 heterocycles. The fourth-order valence-electron chi connectivity index (χ4n) is 3.41. The maximum absolute atomic E-state index is 12.0. The van der Waals surface area contributed by atoms with Gasteiger partial charge < -0.3 is 10.1 Å². The summed E-state index contributed by atoms with van der Waals surface area (Å²) in [6, 6.07) is 14.0. The lowest BCUT2D eigenvalue weighted by atomic mass is 9.97. The molecule has 4 rings (SSSR count). The van der Waals surface area contributed by atoms with Crippen molar-refractivity contribution in [1.29, 1.82) is 0 Å². The Morgan fingerprint density at radius 3 is 2.78 bits per heavy atom. The number of methoxy groups -OCH3 is 1. The van der Waals surface area contributed by atoms with E-state index in [-0.39, 0.29) is 5.91 Å². The first-order chi connectivity index (χ1) is 13.2. The summed E-state index contributed by atoms with van der Waals surface area (Å²) in [6.07, 6.45) is 3.59. The fraction of sp³-hybridized carbons (Fsp3) is 0.227. The molecule has 0 bridgehead atoms. The number of ether oxygens (including phenoxy) is 1. The molecule has 0 atom stereocenters. The molecule has 0 unspecified atom stereocenters. The van der Waals surface area contributed by atoms with E-state index in [4.69, 9.17) is 9.72 Å². The largest absolute Gasteiger partial charge is 0.481 e. The average molecular weight is 359 g/mol. The van der Waals surface area contributed by atoms with E-state index >= 15 is 0 Å². The van der Waals surface area contributed by atoms with E-state index in [1.54, 1.807) is 13.3 Å². The molecule has 5 heteroatoms. The Labute approximate surface area is 158 Å². The van der Waals surface area contributed by atoms with Crippen molar-refractivity contribution in [2.75, 3.05) is 7.11 Å². The number of fused-ring (bicyclic) bond motifs is 1. The molecule has 0 saturated heterocycles. The van der Waals surface area contributed by atoms with Crippen molar-refractivity contribution in [3.05, 3.63) is 65.5 Å². The van der Waals surface area contributed by atoms with E-state index in [9.17, 15) is 4.79 Å². The zero-order valence-corrected chi connectivity index (χ0v) is 15.5. The second-order valence-corrected chi connectivity index (χ2v) is 6.58. The van der Waals surface area contributed by atoms with Crippen LogP contribution in [0.4, 0.5) is 0 Å². The molecule has 0 fully saturated rings. The topological polar surface area (TPSA) is 64.1 Å². The number of rotatable bonds is 5. The van der Waals surface area contributed by atoms with Crippen LogP contribution in [0.25, 0.3) is 22.4 Å². The van der Waals surface area contributed by atoms with Gasteiger partial charge in [-0.2, -0.15) is 0 Å². The molecule has 1 aliphatic rings. The van der Waals surface area contributed by atoms with Gasteiger partial charge in [0.2, 0.25) is 5.88 Å². The van der Waals surface area contributed by atoms with Gasteiger partial charge in [0, 0.05) is 41.2 Å². The molecule has 1 amide bonds. The standard InChI is InChI=1S/C22H21N3O2/c1-3-4-20-17(14-5-6-16-13-24-22(26)18(16)11-14)7-8-19(25-20)15-9-10-23-21(12-15)27-2/h5-12H,3-4,13H2,1-2H3,(H,24,26). The van der Waals surface area contributed by atoms with Crippen molar-refractivity contribution in [2.45, 2.75) is 26.3 Å². The lowest BCUT2D eigenvalue weighted by molar-refractivity contribution is 0.0966. The van der Waals surface area contributed by atoms with Crippen molar-refractivity contribution in [1.82, 2.24) is 15.3 Å². The van der Waals surface area contributed by atoms with Gasteiger partial charge in [-0.25, -0.2) is 4.98 Å². The van der Waals surface area contributed by atoms with Gasteiger partial charge in [-0.1, -0.05) is 31.5 Å². The minimum absolute atomic E-state index is 0.00245. The summed E-state index contributed by atoms with van der Waals surface area (Å²) in [4.78, 5) is 21.1. The number of amides is 1. The van der Waals surface area contributed by atoms with Gasteiger partial charge in [0.05, 0.1) is 12.8 Å². The van der Waals surface area contributed by atoms with Crippen LogP contribution >= 0.6 is 0 Å². The molecule has 0 saturated carbocycles. The van der Waals surface area contributed by atoms with E-state index < -0.39 is 0 Å². The third-order valence-corrected chi connectivity index (χ3v) is 4.81. The van der Waals surface area contributed by atoms with Gasteiger partial charge in [-0.05, 0) is 35.7 Å². The predicted octanol–water partition coefficient (Wildman–Crippen LogP) is 4.02. The van der Waals surface area contributed by atoms with Gasteiger partial charge in [0.25, 0.3) is 5.91 Å². The van der Waals surface area contributed by atoms with Crippen LogP contribution in [0.15, 0.2) is 48.7 Å². The number of aryl methyl sites for hydroxylation is 1. The van der Waals surface area contributed by atoms with E-state index in [2.05, 4.69) is 29.4 Å². The lowest BCUT2D eigenvalue weighted by Crippen LogP contribution is -2.12. The van der Waals surface area contributed by atoms with Crippen molar-refractivity contribution in [3.8, 4) is 28.3 Å². The van der Waals surface area contributed by atoms with Gasteiger partial charge in [0.1, 0.15) is 0 Å². The molecule has 1 N–H and O–H groups in total. The summed E-state index contributed by atoms with van der Waals surface area (Å²) in [7, 11) is 1.61. The molecule has 0 radical (unpaired) electrons. The maximum Gasteiger partial charge on any atom is 0.251 e. The van der Waals surface area contributed by atoms with E-state index in [0.29, 0.717) is 12.4 Å².